The molecule has 1 heterocycles. The van der Waals surface area contributed by atoms with Crippen LogP contribution in [-0.4, -0.2) is 12.4 Å². The molecule has 3 aromatic rings. The van der Waals surface area contributed by atoms with Gasteiger partial charge in [0, 0.05) is 31.1 Å². The first-order valence-corrected chi connectivity index (χ1v) is 8.31. The van der Waals surface area contributed by atoms with Crippen LogP contribution in [0.4, 0.5) is 0 Å². The minimum atomic E-state index is 0.0439. The smallest absolute Gasteiger partial charge is 0.194 e. The molecule has 0 amide bonds. The van der Waals surface area contributed by atoms with E-state index in [1.165, 1.54) is 0 Å². The number of benzene rings is 2. The van der Waals surface area contributed by atoms with Gasteiger partial charge in [-0.3, -0.25) is 4.79 Å². The first-order chi connectivity index (χ1) is 10.2. The average molecular weight is 361 g/mol. The molecular formula is C17H13BrO2S. The molecule has 21 heavy (non-hydrogen) atoms. The number of hydrogen-bond donors (Lipinski definition) is 0. The number of hydrogen-bond acceptors (Lipinski definition) is 3. The molecule has 1 aromatic heterocycles. The third kappa shape index (κ3) is 2.74. The van der Waals surface area contributed by atoms with Gasteiger partial charge in [0.15, 0.2) is 5.78 Å². The second-order valence-corrected chi connectivity index (χ2v) is 6.29. The van der Waals surface area contributed by atoms with E-state index in [2.05, 4.69) is 15.9 Å². The Morgan fingerprint density at radius 1 is 1.19 bits per heavy atom. The molecule has 0 unspecified atom stereocenters. The number of fused-ring (bicyclic) bond motifs is 1. The van der Waals surface area contributed by atoms with E-state index >= 15 is 0 Å². The number of thiophene rings is 1. The molecule has 106 valence electrons. The molecule has 4 heteroatoms. The Bertz CT molecular complexity index is 790. The molecule has 0 radical (unpaired) electrons. The van der Waals surface area contributed by atoms with E-state index in [1.54, 1.807) is 11.3 Å². The maximum absolute atomic E-state index is 12.7. The van der Waals surface area contributed by atoms with Gasteiger partial charge < -0.3 is 4.74 Å². The van der Waals surface area contributed by atoms with Crippen LogP contribution >= 0.6 is 27.3 Å². The number of rotatable bonds is 4. The molecule has 0 spiro atoms. The summed E-state index contributed by atoms with van der Waals surface area (Å²) in [5.41, 5.74) is 1.43. The van der Waals surface area contributed by atoms with E-state index in [-0.39, 0.29) is 5.78 Å². The van der Waals surface area contributed by atoms with Crippen LogP contribution < -0.4 is 4.74 Å². The summed E-state index contributed by atoms with van der Waals surface area (Å²) in [4.78, 5) is 12.7. The first-order valence-electron chi connectivity index (χ1n) is 6.64. The van der Waals surface area contributed by atoms with Crippen LogP contribution in [0.5, 0.6) is 5.75 Å². The topological polar surface area (TPSA) is 26.3 Å². The Labute approximate surface area is 135 Å². The maximum Gasteiger partial charge on any atom is 0.194 e. The van der Waals surface area contributed by atoms with Gasteiger partial charge in [0.1, 0.15) is 5.75 Å². The minimum Gasteiger partial charge on any atom is -0.494 e. The predicted molar refractivity (Wildman–Crippen MR) is 90.6 cm³/mol. The Morgan fingerprint density at radius 2 is 1.95 bits per heavy atom. The van der Waals surface area contributed by atoms with Gasteiger partial charge in [-0.05, 0) is 53.2 Å². The van der Waals surface area contributed by atoms with Crippen molar-refractivity contribution in [3.63, 3.8) is 0 Å². The van der Waals surface area contributed by atoms with E-state index < -0.39 is 0 Å². The van der Waals surface area contributed by atoms with Crippen LogP contribution in [0.1, 0.15) is 22.8 Å². The summed E-state index contributed by atoms with van der Waals surface area (Å²) < 4.78 is 7.53. The lowest BCUT2D eigenvalue weighted by molar-refractivity contribution is 0.104. The predicted octanol–water partition coefficient (Wildman–Crippen LogP) is 5.29. The third-order valence-corrected chi connectivity index (χ3v) is 5.18. The molecule has 0 aliphatic rings. The lowest BCUT2D eigenvalue weighted by Crippen LogP contribution is -2.00. The summed E-state index contributed by atoms with van der Waals surface area (Å²) in [7, 11) is 0. The fourth-order valence-electron chi connectivity index (χ4n) is 2.22. The van der Waals surface area contributed by atoms with Gasteiger partial charge >= 0.3 is 0 Å². The SMILES string of the molecule is CCOc1ccc(C(=O)c2csc3c(Br)cccc23)cc1. The van der Waals surface area contributed by atoms with Crippen LogP contribution in [0.2, 0.25) is 0 Å². The summed E-state index contributed by atoms with van der Waals surface area (Å²) in [6.07, 6.45) is 0. The number of ketones is 1. The summed E-state index contributed by atoms with van der Waals surface area (Å²) >= 11 is 5.11. The zero-order valence-corrected chi connectivity index (χ0v) is 13.8. The zero-order chi connectivity index (χ0) is 14.8. The van der Waals surface area contributed by atoms with Crippen molar-refractivity contribution in [2.75, 3.05) is 6.61 Å². The average Bonchev–Trinajstić information content (AvgIpc) is 2.93. The lowest BCUT2D eigenvalue weighted by Gasteiger charge is -2.04. The van der Waals surface area contributed by atoms with Gasteiger partial charge in [-0.25, -0.2) is 0 Å². The van der Waals surface area contributed by atoms with Gasteiger partial charge in [-0.2, -0.15) is 0 Å². The van der Waals surface area contributed by atoms with Crippen LogP contribution in [0.3, 0.4) is 0 Å². The van der Waals surface area contributed by atoms with Gasteiger partial charge in [-0.1, -0.05) is 12.1 Å². The third-order valence-electron chi connectivity index (χ3n) is 3.22. The Hall–Kier alpha value is -1.65. The highest BCUT2D eigenvalue weighted by Crippen LogP contribution is 2.33. The van der Waals surface area contributed by atoms with Crippen molar-refractivity contribution in [1.82, 2.24) is 0 Å². The van der Waals surface area contributed by atoms with Crippen molar-refractivity contribution < 1.29 is 9.53 Å². The Morgan fingerprint density at radius 3 is 2.67 bits per heavy atom. The Kier molecular flexibility index (Phi) is 4.08. The molecule has 0 atom stereocenters. The second kappa shape index (κ2) is 6.00. The molecule has 0 aliphatic heterocycles. The molecule has 0 aliphatic carbocycles. The van der Waals surface area contributed by atoms with Gasteiger partial charge in [0.2, 0.25) is 0 Å². The van der Waals surface area contributed by atoms with E-state index in [0.717, 1.165) is 25.9 Å². The molecule has 2 nitrogen and oxygen atoms in total. The molecule has 0 N–H and O–H groups in total. The fourth-order valence-corrected chi connectivity index (χ4v) is 3.82. The Balaban J connectivity index is 1.98. The molecular weight excluding hydrogens is 348 g/mol. The molecule has 3 rings (SSSR count). The first kappa shape index (κ1) is 14.3. The molecule has 0 saturated carbocycles. The fraction of sp³-hybridized carbons (Fsp3) is 0.118. The zero-order valence-electron chi connectivity index (χ0n) is 11.4. The number of halogens is 1. The summed E-state index contributed by atoms with van der Waals surface area (Å²) in [6, 6.07) is 13.2. The van der Waals surface area contributed by atoms with Crippen molar-refractivity contribution in [3.05, 3.63) is 63.4 Å². The largest absolute Gasteiger partial charge is 0.494 e. The van der Waals surface area contributed by atoms with Gasteiger partial charge in [-0.15, -0.1) is 11.3 Å². The van der Waals surface area contributed by atoms with Crippen LogP contribution in [0, 0.1) is 0 Å². The molecule has 0 bridgehead atoms. The highest BCUT2D eigenvalue weighted by atomic mass is 79.9. The summed E-state index contributed by atoms with van der Waals surface area (Å²) in [5.74, 6) is 0.828. The number of carbonyl (C=O) groups excluding carboxylic acids is 1. The molecule has 2 aromatic carbocycles. The number of ether oxygens (including phenoxy) is 1. The van der Waals surface area contributed by atoms with E-state index in [0.29, 0.717) is 12.2 Å². The van der Waals surface area contributed by atoms with Crippen LogP contribution in [0.25, 0.3) is 10.1 Å². The standard InChI is InChI=1S/C17H13BrO2S/c1-2-20-12-8-6-11(7-9-12)16(19)14-10-21-17-13(14)4-3-5-15(17)18/h3-10H,2H2,1H3. The highest BCUT2D eigenvalue weighted by Gasteiger charge is 2.15. The second-order valence-electron chi connectivity index (χ2n) is 4.55. The van der Waals surface area contributed by atoms with Crippen molar-refractivity contribution in [3.8, 4) is 5.75 Å². The van der Waals surface area contributed by atoms with Crippen molar-refractivity contribution >= 4 is 43.1 Å². The minimum absolute atomic E-state index is 0.0439. The van der Waals surface area contributed by atoms with Crippen molar-refractivity contribution in [2.45, 2.75) is 6.92 Å². The van der Waals surface area contributed by atoms with E-state index in [4.69, 9.17) is 4.74 Å². The van der Waals surface area contributed by atoms with Crippen LogP contribution in [-0.2, 0) is 0 Å². The molecule has 0 saturated heterocycles. The maximum atomic E-state index is 12.7. The monoisotopic (exact) mass is 360 g/mol. The van der Waals surface area contributed by atoms with E-state index in [9.17, 15) is 4.79 Å². The molecule has 0 fully saturated rings. The van der Waals surface area contributed by atoms with Gasteiger partial charge in [0.05, 0.1) is 6.61 Å². The van der Waals surface area contributed by atoms with Crippen LogP contribution in [0.15, 0.2) is 52.3 Å². The summed E-state index contributed by atoms with van der Waals surface area (Å²) in [6.45, 7) is 2.56. The van der Waals surface area contributed by atoms with Gasteiger partial charge in [0.25, 0.3) is 0 Å². The van der Waals surface area contributed by atoms with E-state index in [1.807, 2.05) is 54.8 Å². The number of carbonyl (C=O) groups is 1. The lowest BCUT2D eigenvalue weighted by atomic mass is 10.0. The quantitative estimate of drug-likeness (QED) is 0.590. The van der Waals surface area contributed by atoms with Crippen molar-refractivity contribution in [2.24, 2.45) is 0 Å². The summed E-state index contributed by atoms with van der Waals surface area (Å²) in [5, 5.41) is 2.92. The van der Waals surface area contributed by atoms with Crippen molar-refractivity contribution in [1.29, 1.82) is 0 Å². The normalized spacial score (nSPS) is 10.8. The highest BCUT2D eigenvalue weighted by molar-refractivity contribution is 9.10.